The lowest BCUT2D eigenvalue weighted by molar-refractivity contribution is 0.0965. The van der Waals surface area contributed by atoms with E-state index in [0.29, 0.717) is 22.0 Å². The zero-order valence-electron chi connectivity index (χ0n) is 17.4. The number of para-hydroxylation sites is 1. The standard InChI is InChI=1S/C24H20ClN3O3S/c1-16-10-12-19(13-11-16)32(30,31)27-26-15-21-20-8-3-4-9-22(20)28(23(21)25)24(29)18-7-5-6-17(2)14-18/h3-15,27H,1-2H3. The van der Waals surface area contributed by atoms with E-state index in [4.69, 9.17) is 11.6 Å². The van der Waals surface area contributed by atoms with Crippen LogP contribution >= 0.6 is 11.6 Å². The molecule has 0 radical (unpaired) electrons. The third kappa shape index (κ3) is 4.17. The van der Waals surface area contributed by atoms with Crippen molar-refractivity contribution in [2.75, 3.05) is 0 Å². The minimum atomic E-state index is -3.84. The first-order chi connectivity index (χ1) is 15.3. The number of hydrogen-bond acceptors (Lipinski definition) is 4. The molecule has 32 heavy (non-hydrogen) atoms. The van der Waals surface area contributed by atoms with Gasteiger partial charge in [0, 0.05) is 16.5 Å². The third-order valence-corrected chi connectivity index (χ3v) is 6.63. The van der Waals surface area contributed by atoms with Crippen LogP contribution < -0.4 is 4.83 Å². The van der Waals surface area contributed by atoms with Crippen LogP contribution in [0.2, 0.25) is 5.15 Å². The number of carbonyl (C=O) groups excluding carboxylic acids is 1. The number of fused-ring (bicyclic) bond motifs is 1. The number of carbonyl (C=O) groups is 1. The Morgan fingerprint density at radius 3 is 2.41 bits per heavy atom. The van der Waals surface area contributed by atoms with Gasteiger partial charge in [0.05, 0.1) is 16.6 Å². The first-order valence-corrected chi connectivity index (χ1v) is 11.7. The normalized spacial score (nSPS) is 11.8. The van der Waals surface area contributed by atoms with Crippen LogP contribution in [0, 0.1) is 13.8 Å². The molecule has 0 atom stereocenters. The molecular formula is C24H20ClN3O3S. The highest BCUT2D eigenvalue weighted by molar-refractivity contribution is 7.89. The molecule has 0 saturated carbocycles. The molecule has 1 N–H and O–H groups in total. The molecule has 4 aromatic rings. The van der Waals surface area contributed by atoms with Gasteiger partial charge < -0.3 is 0 Å². The van der Waals surface area contributed by atoms with Crippen molar-refractivity contribution in [3.63, 3.8) is 0 Å². The molecule has 0 saturated heterocycles. The second kappa shape index (κ2) is 8.61. The molecule has 0 aliphatic carbocycles. The molecule has 3 aromatic carbocycles. The lowest BCUT2D eigenvalue weighted by Crippen LogP contribution is -2.18. The smallest absolute Gasteiger partial charge is 0.268 e. The Bertz CT molecular complexity index is 1460. The van der Waals surface area contributed by atoms with Gasteiger partial charge in [-0.05, 0) is 44.2 Å². The Morgan fingerprint density at radius 2 is 1.69 bits per heavy atom. The van der Waals surface area contributed by atoms with E-state index in [1.165, 1.54) is 22.9 Å². The Labute approximate surface area is 191 Å². The van der Waals surface area contributed by atoms with E-state index in [1.807, 2.05) is 32.0 Å². The van der Waals surface area contributed by atoms with E-state index in [1.54, 1.807) is 42.5 Å². The summed E-state index contributed by atoms with van der Waals surface area (Å²) in [5, 5.41) is 4.74. The van der Waals surface area contributed by atoms with Crippen LogP contribution in [0.3, 0.4) is 0 Å². The molecule has 1 aromatic heterocycles. The summed E-state index contributed by atoms with van der Waals surface area (Å²) in [6, 6.07) is 20.9. The van der Waals surface area contributed by atoms with Crippen LogP contribution in [0.5, 0.6) is 0 Å². The minimum Gasteiger partial charge on any atom is -0.268 e. The number of aromatic nitrogens is 1. The van der Waals surface area contributed by atoms with Crippen LogP contribution in [-0.4, -0.2) is 25.1 Å². The van der Waals surface area contributed by atoms with Crippen molar-refractivity contribution in [1.29, 1.82) is 0 Å². The molecule has 6 nitrogen and oxygen atoms in total. The van der Waals surface area contributed by atoms with Gasteiger partial charge in [0.15, 0.2) is 0 Å². The van der Waals surface area contributed by atoms with Gasteiger partial charge in [-0.25, -0.2) is 4.83 Å². The average molecular weight is 466 g/mol. The summed E-state index contributed by atoms with van der Waals surface area (Å²) < 4.78 is 26.4. The first kappa shape index (κ1) is 21.8. The van der Waals surface area contributed by atoms with Crippen LogP contribution in [0.15, 0.2) is 82.8 Å². The van der Waals surface area contributed by atoms with Crippen molar-refractivity contribution < 1.29 is 13.2 Å². The van der Waals surface area contributed by atoms with E-state index < -0.39 is 10.0 Å². The molecule has 0 aliphatic heterocycles. The Morgan fingerprint density at radius 1 is 0.969 bits per heavy atom. The van der Waals surface area contributed by atoms with Crippen LogP contribution in [0.25, 0.3) is 10.9 Å². The lowest BCUT2D eigenvalue weighted by Gasteiger charge is -2.06. The van der Waals surface area contributed by atoms with E-state index in [9.17, 15) is 13.2 Å². The monoisotopic (exact) mass is 465 g/mol. The van der Waals surface area contributed by atoms with Crippen molar-refractivity contribution in [1.82, 2.24) is 9.40 Å². The maximum absolute atomic E-state index is 13.2. The molecule has 0 unspecified atom stereocenters. The largest absolute Gasteiger partial charge is 0.276 e. The summed E-state index contributed by atoms with van der Waals surface area (Å²) in [6.45, 7) is 3.78. The Hall–Kier alpha value is -3.42. The van der Waals surface area contributed by atoms with Crippen molar-refractivity contribution in [2.24, 2.45) is 5.10 Å². The number of aryl methyl sites for hydroxylation is 2. The van der Waals surface area contributed by atoms with Crippen LogP contribution in [-0.2, 0) is 10.0 Å². The van der Waals surface area contributed by atoms with Gasteiger partial charge in [-0.2, -0.15) is 13.5 Å². The van der Waals surface area contributed by atoms with Gasteiger partial charge in [-0.3, -0.25) is 9.36 Å². The molecule has 0 amide bonds. The molecule has 0 bridgehead atoms. The number of hydrogen-bond donors (Lipinski definition) is 1. The van der Waals surface area contributed by atoms with E-state index in [-0.39, 0.29) is 16.0 Å². The van der Waals surface area contributed by atoms with Crippen molar-refractivity contribution in [2.45, 2.75) is 18.7 Å². The lowest BCUT2D eigenvalue weighted by atomic mass is 10.1. The molecule has 4 rings (SSSR count). The molecular weight excluding hydrogens is 446 g/mol. The second-order valence-electron chi connectivity index (χ2n) is 7.40. The number of nitrogens with zero attached hydrogens (tertiary/aromatic N) is 2. The predicted octanol–water partition coefficient (Wildman–Crippen LogP) is 4.91. The Kier molecular flexibility index (Phi) is 5.86. The van der Waals surface area contributed by atoms with E-state index in [2.05, 4.69) is 9.93 Å². The molecule has 8 heteroatoms. The highest BCUT2D eigenvalue weighted by Crippen LogP contribution is 2.30. The van der Waals surface area contributed by atoms with Crippen molar-refractivity contribution >= 4 is 44.6 Å². The van der Waals surface area contributed by atoms with Gasteiger partial charge in [-0.1, -0.05) is 65.2 Å². The van der Waals surface area contributed by atoms with Crippen molar-refractivity contribution in [3.8, 4) is 0 Å². The number of hydrazone groups is 1. The summed E-state index contributed by atoms with van der Waals surface area (Å²) in [5.74, 6) is -0.283. The highest BCUT2D eigenvalue weighted by atomic mass is 35.5. The van der Waals surface area contributed by atoms with Gasteiger partial charge in [0.1, 0.15) is 5.15 Å². The van der Waals surface area contributed by atoms with E-state index in [0.717, 1.165) is 11.1 Å². The SMILES string of the molecule is Cc1ccc(S(=O)(=O)NN=Cc2c(Cl)n(C(=O)c3cccc(C)c3)c3ccccc23)cc1. The zero-order valence-corrected chi connectivity index (χ0v) is 19.0. The van der Waals surface area contributed by atoms with E-state index >= 15 is 0 Å². The van der Waals surface area contributed by atoms with Gasteiger partial charge in [-0.15, -0.1) is 0 Å². The number of benzene rings is 3. The quantitative estimate of drug-likeness (QED) is 0.336. The molecule has 162 valence electrons. The van der Waals surface area contributed by atoms with Crippen LogP contribution in [0.1, 0.15) is 27.0 Å². The van der Waals surface area contributed by atoms with Gasteiger partial charge >= 0.3 is 0 Å². The first-order valence-electron chi connectivity index (χ1n) is 9.80. The molecule has 1 heterocycles. The highest BCUT2D eigenvalue weighted by Gasteiger charge is 2.20. The fourth-order valence-corrected chi connectivity index (χ4v) is 4.50. The zero-order chi connectivity index (χ0) is 22.9. The molecule has 0 aliphatic rings. The summed E-state index contributed by atoms with van der Waals surface area (Å²) in [5.41, 5.74) is 3.44. The summed E-state index contributed by atoms with van der Waals surface area (Å²) in [7, 11) is -3.84. The Balaban J connectivity index is 1.72. The van der Waals surface area contributed by atoms with Gasteiger partial charge in [0.2, 0.25) is 0 Å². The van der Waals surface area contributed by atoms with Crippen molar-refractivity contribution in [3.05, 3.63) is 100 Å². The topological polar surface area (TPSA) is 80.5 Å². The summed E-state index contributed by atoms with van der Waals surface area (Å²) in [4.78, 5) is 15.5. The number of halogens is 1. The van der Waals surface area contributed by atoms with Gasteiger partial charge in [0.25, 0.3) is 15.9 Å². The second-order valence-corrected chi connectivity index (χ2v) is 9.42. The third-order valence-electron chi connectivity index (χ3n) is 5.02. The number of nitrogens with one attached hydrogen (secondary N) is 1. The number of rotatable bonds is 5. The molecule has 0 spiro atoms. The maximum Gasteiger partial charge on any atom is 0.276 e. The van der Waals surface area contributed by atoms with Crippen LogP contribution in [0.4, 0.5) is 0 Å². The molecule has 0 fully saturated rings. The fourth-order valence-electron chi connectivity index (χ4n) is 3.39. The summed E-state index contributed by atoms with van der Waals surface area (Å²) >= 11 is 6.59. The summed E-state index contributed by atoms with van der Waals surface area (Å²) in [6.07, 6.45) is 1.32. The maximum atomic E-state index is 13.2. The minimum absolute atomic E-state index is 0.100. The average Bonchev–Trinajstić information content (AvgIpc) is 3.05. The number of sulfonamides is 1. The predicted molar refractivity (Wildman–Crippen MR) is 127 cm³/mol. The fraction of sp³-hybridized carbons (Fsp3) is 0.0833.